The summed E-state index contributed by atoms with van der Waals surface area (Å²) < 4.78 is 5.34. The lowest BCUT2D eigenvalue weighted by molar-refractivity contribution is -0.139. The molecule has 3 nitrogen and oxygen atoms in total. The molecule has 0 unspecified atom stereocenters. The van der Waals surface area contributed by atoms with Crippen LogP contribution < -0.4 is 0 Å². The summed E-state index contributed by atoms with van der Waals surface area (Å²) in [5.41, 5.74) is 0.502. The van der Waals surface area contributed by atoms with Crippen LogP contribution in [-0.2, 0) is 9.53 Å². The van der Waals surface area contributed by atoms with Crippen LogP contribution in [0.15, 0.2) is 35.3 Å². The fourth-order valence-corrected chi connectivity index (χ4v) is 2.66. The van der Waals surface area contributed by atoms with Crippen LogP contribution in [0, 0.1) is 11.8 Å². The van der Waals surface area contributed by atoms with E-state index in [1.165, 1.54) is 0 Å². The second-order valence-electron chi connectivity index (χ2n) is 5.73. The summed E-state index contributed by atoms with van der Waals surface area (Å²) in [6.45, 7) is 8.46. The quantitative estimate of drug-likeness (QED) is 0.780. The molecule has 0 saturated heterocycles. The lowest BCUT2D eigenvalue weighted by Crippen LogP contribution is -2.46. The maximum atomic E-state index is 12.0. The molecule has 1 aromatic carbocycles. The lowest BCUT2D eigenvalue weighted by atomic mass is 9.74. The predicted molar refractivity (Wildman–Crippen MR) is 76.1 cm³/mol. The van der Waals surface area contributed by atoms with Gasteiger partial charge in [0.2, 0.25) is 5.90 Å². The van der Waals surface area contributed by atoms with E-state index in [0.29, 0.717) is 24.2 Å². The molecule has 0 N–H and O–H groups in total. The zero-order chi connectivity index (χ0) is 14.0. The van der Waals surface area contributed by atoms with Crippen molar-refractivity contribution in [1.82, 2.24) is 0 Å². The van der Waals surface area contributed by atoms with Crippen LogP contribution in [0.4, 0.5) is 0 Å². The van der Waals surface area contributed by atoms with Crippen molar-refractivity contribution in [2.24, 2.45) is 16.8 Å². The molecule has 1 aliphatic rings. The number of carbonyl (C=O) groups is 1. The third-order valence-electron chi connectivity index (χ3n) is 3.97. The molecule has 1 heterocycles. The summed E-state index contributed by atoms with van der Waals surface area (Å²) in [7, 11) is 0. The zero-order valence-corrected chi connectivity index (χ0v) is 12.0. The summed E-state index contributed by atoms with van der Waals surface area (Å²) in [5.74, 6) is 0.855. The molecule has 102 valence electrons. The molecule has 0 bridgehead atoms. The summed E-state index contributed by atoms with van der Waals surface area (Å²) in [5, 5.41) is 0. The number of esters is 1. The smallest absolute Gasteiger partial charge is 0.315 e. The maximum Gasteiger partial charge on any atom is 0.315 e. The number of carbonyl (C=O) groups excluding carboxylic acids is 1. The second kappa shape index (κ2) is 5.16. The third-order valence-corrected chi connectivity index (χ3v) is 3.97. The van der Waals surface area contributed by atoms with E-state index in [0.717, 1.165) is 5.56 Å². The van der Waals surface area contributed by atoms with Gasteiger partial charge in [0.15, 0.2) is 0 Å². The molecule has 0 atom stereocenters. The van der Waals surface area contributed by atoms with Crippen LogP contribution in [0.3, 0.4) is 0 Å². The average Bonchev–Trinajstić information content (AvgIpc) is 2.38. The first kappa shape index (κ1) is 13.8. The van der Waals surface area contributed by atoms with Crippen molar-refractivity contribution in [3.05, 3.63) is 35.9 Å². The number of cyclic esters (lactones) is 1. The van der Waals surface area contributed by atoms with Crippen LogP contribution in [0.25, 0.3) is 0 Å². The van der Waals surface area contributed by atoms with E-state index in [1.807, 2.05) is 30.3 Å². The highest BCUT2D eigenvalue weighted by atomic mass is 16.5. The summed E-state index contributed by atoms with van der Waals surface area (Å²) in [6, 6.07) is 9.62. The molecule has 0 fully saturated rings. The Morgan fingerprint density at radius 1 is 1.11 bits per heavy atom. The predicted octanol–water partition coefficient (Wildman–Crippen LogP) is 3.43. The number of hydrogen-bond acceptors (Lipinski definition) is 3. The summed E-state index contributed by atoms with van der Waals surface area (Å²) in [4.78, 5) is 16.8. The molecule has 2 rings (SSSR count). The molecule has 1 aromatic rings. The highest BCUT2D eigenvalue weighted by Crippen LogP contribution is 2.37. The Labute approximate surface area is 114 Å². The van der Waals surface area contributed by atoms with Gasteiger partial charge in [0.25, 0.3) is 0 Å². The first-order valence-electron chi connectivity index (χ1n) is 6.81. The lowest BCUT2D eigenvalue weighted by Gasteiger charge is -2.39. The Bertz CT molecular complexity index is 481. The average molecular weight is 259 g/mol. The van der Waals surface area contributed by atoms with Crippen molar-refractivity contribution in [2.45, 2.75) is 39.7 Å². The molecule has 0 aliphatic carbocycles. The SMILES string of the molecule is CC(C)C1(C(C)C)CC(=O)OC(c2ccccc2)=N1. The first-order valence-corrected chi connectivity index (χ1v) is 6.81. The molecular weight excluding hydrogens is 238 g/mol. The van der Waals surface area contributed by atoms with Gasteiger partial charge in [-0.3, -0.25) is 4.79 Å². The van der Waals surface area contributed by atoms with E-state index in [4.69, 9.17) is 9.73 Å². The van der Waals surface area contributed by atoms with Gasteiger partial charge in [0, 0.05) is 5.56 Å². The van der Waals surface area contributed by atoms with Gasteiger partial charge in [-0.25, -0.2) is 4.99 Å². The summed E-state index contributed by atoms with van der Waals surface area (Å²) in [6.07, 6.45) is 0.360. The van der Waals surface area contributed by atoms with E-state index in [2.05, 4.69) is 27.7 Å². The monoisotopic (exact) mass is 259 g/mol. The largest absolute Gasteiger partial charge is 0.407 e. The Morgan fingerprint density at radius 2 is 1.68 bits per heavy atom. The Balaban J connectivity index is 2.49. The van der Waals surface area contributed by atoms with Gasteiger partial charge in [-0.15, -0.1) is 0 Å². The first-order chi connectivity index (χ1) is 8.95. The second-order valence-corrected chi connectivity index (χ2v) is 5.73. The van der Waals surface area contributed by atoms with Crippen LogP contribution in [0.2, 0.25) is 0 Å². The van der Waals surface area contributed by atoms with Gasteiger partial charge in [0.05, 0.1) is 12.0 Å². The minimum Gasteiger partial charge on any atom is -0.407 e. The van der Waals surface area contributed by atoms with Gasteiger partial charge in [0.1, 0.15) is 0 Å². The van der Waals surface area contributed by atoms with Crippen LogP contribution >= 0.6 is 0 Å². The Kier molecular flexibility index (Phi) is 3.74. The van der Waals surface area contributed by atoms with E-state index in [1.54, 1.807) is 0 Å². The molecule has 3 heteroatoms. The molecule has 0 radical (unpaired) electrons. The van der Waals surface area contributed by atoms with Crippen LogP contribution in [-0.4, -0.2) is 17.4 Å². The molecule has 0 aromatic heterocycles. The van der Waals surface area contributed by atoms with E-state index >= 15 is 0 Å². The third kappa shape index (κ3) is 2.55. The van der Waals surface area contributed by atoms with Gasteiger partial charge in [-0.05, 0) is 24.0 Å². The van der Waals surface area contributed by atoms with Crippen LogP contribution in [0.1, 0.15) is 39.7 Å². The molecule has 1 aliphatic heterocycles. The zero-order valence-electron chi connectivity index (χ0n) is 12.0. The molecule has 19 heavy (non-hydrogen) atoms. The van der Waals surface area contributed by atoms with E-state index < -0.39 is 0 Å². The molecule has 0 amide bonds. The van der Waals surface area contributed by atoms with Crippen molar-refractivity contribution in [3.63, 3.8) is 0 Å². The fraction of sp³-hybridized carbons (Fsp3) is 0.500. The standard InChI is InChI=1S/C16H21NO2/c1-11(2)16(12(3)4)10-14(18)19-15(17-16)13-8-6-5-7-9-13/h5-9,11-12H,10H2,1-4H3. The van der Waals surface area contributed by atoms with Crippen molar-refractivity contribution in [3.8, 4) is 0 Å². The Hall–Kier alpha value is -1.64. The Morgan fingerprint density at radius 3 is 2.21 bits per heavy atom. The number of rotatable bonds is 3. The molecule has 0 spiro atoms. The van der Waals surface area contributed by atoms with E-state index in [-0.39, 0.29) is 11.5 Å². The highest BCUT2D eigenvalue weighted by Gasteiger charge is 2.43. The minimum absolute atomic E-state index is 0.184. The topological polar surface area (TPSA) is 38.7 Å². The molecular formula is C16H21NO2. The normalized spacial score (nSPS) is 18.4. The number of nitrogens with zero attached hydrogens (tertiary/aromatic N) is 1. The van der Waals surface area contributed by atoms with E-state index in [9.17, 15) is 4.79 Å². The van der Waals surface area contributed by atoms with Crippen molar-refractivity contribution in [1.29, 1.82) is 0 Å². The molecule has 0 saturated carbocycles. The maximum absolute atomic E-state index is 12.0. The van der Waals surface area contributed by atoms with Crippen LogP contribution in [0.5, 0.6) is 0 Å². The number of hydrogen-bond donors (Lipinski definition) is 0. The fourth-order valence-electron chi connectivity index (χ4n) is 2.66. The van der Waals surface area contributed by atoms with Crippen molar-refractivity contribution < 1.29 is 9.53 Å². The van der Waals surface area contributed by atoms with Gasteiger partial charge in [-0.2, -0.15) is 0 Å². The number of aliphatic imine (C=N–C) groups is 1. The minimum atomic E-state index is -0.361. The van der Waals surface area contributed by atoms with Gasteiger partial charge < -0.3 is 4.74 Å². The van der Waals surface area contributed by atoms with Gasteiger partial charge >= 0.3 is 5.97 Å². The van der Waals surface area contributed by atoms with Crippen molar-refractivity contribution >= 4 is 11.9 Å². The number of ether oxygens (including phenoxy) is 1. The number of benzene rings is 1. The highest BCUT2D eigenvalue weighted by molar-refractivity contribution is 6.02. The summed E-state index contributed by atoms with van der Waals surface area (Å²) >= 11 is 0. The van der Waals surface area contributed by atoms with Crippen molar-refractivity contribution in [2.75, 3.05) is 0 Å². The van der Waals surface area contributed by atoms with Gasteiger partial charge in [-0.1, -0.05) is 45.9 Å².